The summed E-state index contributed by atoms with van der Waals surface area (Å²) in [6.45, 7) is 4.19. The predicted octanol–water partition coefficient (Wildman–Crippen LogP) is 4.40. The summed E-state index contributed by atoms with van der Waals surface area (Å²) in [6.07, 6.45) is 1.39. The molecule has 0 radical (unpaired) electrons. The van der Waals surface area contributed by atoms with Crippen LogP contribution in [0.3, 0.4) is 0 Å². The molecular weight excluding hydrogens is 442 g/mol. The highest BCUT2D eigenvalue weighted by Crippen LogP contribution is 2.19. The molecule has 1 N–H and O–H groups in total. The van der Waals surface area contributed by atoms with Gasteiger partial charge in [0.25, 0.3) is 0 Å². The second-order valence-electron chi connectivity index (χ2n) is 8.03. The number of urea groups is 1. The minimum atomic E-state index is -0.180. The summed E-state index contributed by atoms with van der Waals surface area (Å²) < 4.78 is 5.72. The molecule has 9 heteroatoms. The van der Waals surface area contributed by atoms with Crippen molar-refractivity contribution < 1.29 is 14.0 Å². The summed E-state index contributed by atoms with van der Waals surface area (Å²) in [7, 11) is 0. The van der Waals surface area contributed by atoms with Crippen molar-refractivity contribution in [3.8, 4) is 11.5 Å². The van der Waals surface area contributed by atoms with Gasteiger partial charge in [-0.3, -0.25) is 4.79 Å². The van der Waals surface area contributed by atoms with Gasteiger partial charge in [-0.25, -0.2) is 4.79 Å². The second-order valence-corrected chi connectivity index (χ2v) is 8.46. The third-order valence-corrected chi connectivity index (χ3v) is 5.80. The third kappa shape index (κ3) is 6.10. The summed E-state index contributed by atoms with van der Waals surface area (Å²) in [4.78, 5) is 28.9. The zero-order valence-corrected chi connectivity index (χ0v) is 19.2. The molecular formula is C24H26ClN5O3. The number of aromatic nitrogens is 2. The minimum absolute atomic E-state index is 0.0186. The van der Waals surface area contributed by atoms with Gasteiger partial charge in [0, 0.05) is 55.3 Å². The summed E-state index contributed by atoms with van der Waals surface area (Å²) in [6, 6.07) is 14.6. The number of anilines is 1. The summed E-state index contributed by atoms with van der Waals surface area (Å²) >= 11 is 5.89. The van der Waals surface area contributed by atoms with E-state index in [1.54, 1.807) is 34.1 Å². The van der Waals surface area contributed by atoms with E-state index in [0.717, 1.165) is 17.5 Å². The molecule has 0 unspecified atom stereocenters. The van der Waals surface area contributed by atoms with Gasteiger partial charge < -0.3 is 19.5 Å². The number of rotatable bonds is 5. The highest BCUT2D eigenvalue weighted by atomic mass is 35.5. The van der Waals surface area contributed by atoms with E-state index in [9.17, 15) is 9.59 Å². The van der Waals surface area contributed by atoms with Gasteiger partial charge in [-0.2, -0.15) is 0 Å². The Morgan fingerprint density at radius 2 is 1.67 bits per heavy atom. The molecule has 2 aromatic carbocycles. The Morgan fingerprint density at radius 3 is 2.42 bits per heavy atom. The molecule has 0 aliphatic carbocycles. The molecule has 0 spiro atoms. The molecule has 2 heterocycles. The van der Waals surface area contributed by atoms with E-state index in [0.29, 0.717) is 55.1 Å². The molecule has 0 saturated carbocycles. The van der Waals surface area contributed by atoms with Crippen LogP contribution in [0.5, 0.6) is 0 Å². The first-order chi connectivity index (χ1) is 16.0. The molecule has 0 atom stereocenters. The first-order valence-corrected chi connectivity index (χ1v) is 11.3. The zero-order valence-electron chi connectivity index (χ0n) is 18.5. The van der Waals surface area contributed by atoms with Crippen LogP contribution in [0.2, 0.25) is 5.02 Å². The first-order valence-electron chi connectivity index (χ1n) is 11.0. The number of aryl methyl sites for hydroxylation is 2. The lowest BCUT2D eigenvalue weighted by molar-refractivity contribution is -0.131. The highest BCUT2D eigenvalue weighted by molar-refractivity contribution is 6.30. The maximum absolute atomic E-state index is 12.7. The molecule has 1 aromatic heterocycles. The Hall–Kier alpha value is -3.39. The van der Waals surface area contributed by atoms with Crippen molar-refractivity contribution in [2.45, 2.75) is 26.2 Å². The van der Waals surface area contributed by atoms with Gasteiger partial charge in [-0.05, 0) is 49.7 Å². The van der Waals surface area contributed by atoms with Crippen LogP contribution in [0.4, 0.5) is 10.5 Å². The highest BCUT2D eigenvalue weighted by Gasteiger charge is 2.22. The number of benzene rings is 2. The summed E-state index contributed by atoms with van der Waals surface area (Å²) in [5.41, 5.74) is 2.70. The van der Waals surface area contributed by atoms with Crippen LogP contribution in [0.1, 0.15) is 24.3 Å². The van der Waals surface area contributed by atoms with E-state index in [1.165, 1.54) is 0 Å². The lowest BCUT2D eigenvalue weighted by Gasteiger charge is -2.22. The average Bonchev–Trinajstić information content (AvgIpc) is 3.15. The molecule has 1 saturated heterocycles. The molecule has 33 heavy (non-hydrogen) atoms. The van der Waals surface area contributed by atoms with Crippen molar-refractivity contribution >= 4 is 29.2 Å². The van der Waals surface area contributed by atoms with Gasteiger partial charge in [0.15, 0.2) is 0 Å². The van der Waals surface area contributed by atoms with E-state index in [1.807, 2.05) is 31.2 Å². The van der Waals surface area contributed by atoms with Gasteiger partial charge in [-0.1, -0.05) is 29.3 Å². The Balaban J connectivity index is 1.26. The Morgan fingerprint density at radius 1 is 0.970 bits per heavy atom. The van der Waals surface area contributed by atoms with Gasteiger partial charge in [0.1, 0.15) is 0 Å². The quantitative estimate of drug-likeness (QED) is 0.600. The maximum atomic E-state index is 12.7. The van der Waals surface area contributed by atoms with Crippen LogP contribution in [0, 0.1) is 6.92 Å². The van der Waals surface area contributed by atoms with Crippen LogP contribution in [0.25, 0.3) is 11.5 Å². The standard InChI is InChI=1S/C24H26ClN5O3/c1-17-3-5-18(6-4-17)23-28-27-21(33-23)11-12-22(31)29-13-2-14-30(16-15-29)24(32)26-20-9-7-19(25)8-10-20/h3-10H,2,11-16H2,1H3,(H,26,32). The normalized spacial score (nSPS) is 14.1. The SMILES string of the molecule is Cc1ccc(-c2nnc(CCC(=O)N3CCCN(C(=O)Nc4ccc(Cl)cc4)CC3)o2)cc1. The van der Waals surface area contributed by atoms with Crippen molar-refractivity contribution in [3.05, 3.63) is 65.0 Å². The van der Waals surface area contributed by atoms with Gasteiger partial charge >= 0.3 is 6.03 Å². The number of hydrogen-bond acceptors (Lipinski definition) is 5. The molecule has 1 fully saturated rings. The number of nitrogens with one attached hydrogen (secondary N) is 1. The number of amides is 3. The number of carbonyl (C=O) groups is 2. The summed E-state index contributed by atoms with van der Waals surface area (Å²) in [5.74, 6) is 0.914. The van der Waals surface area contributed by atoms with Gasteiger partial charge in [-0.15, -0.1) is 10.2 Å². The zero-order chi connectivity index (χ0) is 23.2. The molecule has 1 aliphatic rings. The van der Waals surface area contributed by atoms with E-state index < -0.39 is 0 Å². The first kappa shape index (κ1) is 22.8. The van der Waals surface area contributed by atoms with Crippen LogP contribution in [-0.2, 0) is 11.2 Å². The van der Waals surface area contributed by atoms with E-state index in [-0.39, 0.29) is 18.4 Å². The van der Waals surface area contributed by atoms with Crippen molar-refractivity contribution in [2.75, 3.05) is 31.5 Å². The molecule has 4 rings (SSSR count). The van der Waals surface area contributed by atoms with Crippen LogP contribution in [-0.4, -0.2) is 58.1 Å². The third-order valence-electron chi connectivity index (χ3n) is 5.55. The molecule has 0 bridgehead atoms. The van der Waals surface area contributed by atoms with Crippen molar-refractivity contribution in [1.82, 2.24) is 20.0 Å². The van der Waals surface area contributed by atoms with Crippen LogP contribution >= 0.6 is 11.6 Å². The Labute approximate surface area is 197 Å². The molecule has 3 aromatic rings. The average molecular weight is 468 g/mol. The van der Waals surface area contributed by atoms with Gasteiger partial charge in [0.2, 0.25) is 17.7 Å². The van der Waals surface area contributed by atoms with E-state index >= 15 is 0 Å². The van der Waals surface area contributed by atoms with Crippen molar-refractivity contribution in [1.29, 1.82) is 0 Å². The van der Waals surface area contributed by atoms with E-state index in [4.69, 9.17) is 16.0 Å². The second kappa shape index (κ2) is 10.5. The lowest BCUT2D eigenvalue weighted by Crippen LogP contribution is -2.39. The predicted molar refractivity (Wildman–Crippen MR) is 126 cm³/mol. The smallest absolute Gasteiger partial charge is 0.321 e. The van der Waals surface area contributed by atoms with Crippen molar-refractivity contribution in [3.63, 3.8) is 0 Å². The largest absolute Gasteiger partial charge is 0.421 e. The molecule has 8 nitrogen and oxygen atoms in total. The summed E-state index contributed by atoms with van der Waals surface area (Å²) in [5, 5.41) is 11.7. The fourth-order valence-corrected chi connectivity index (χ4v) is 3.77. The number of carbonyl (C=O) groups excluding carboxylic acids is 2. The van der Waals surface area contributed by atoms with Gasteiger partial charge in [0.05, 0.1) is 0 Å². The number of halogens is 1. The number of hydrogen-bond donors (Lipinski definition) is 1. The fourth-order valence-electron chi connectivity index (χ4n) is 3.65. The number of nitrogens with zero attached hydrogens (tertiary/aromatic N) is 4. The Kier molecular flexibility index (Phi) is 7.24. The monoisotopic (exact) mass is 467 g/mol. The Bertz CT molecular complexity index is 1100. The van der Waals surface area contributed by atoms with E-state index in [2.05, 4.69) is 15.5 Å². The topological polar surface area (TPSA) is 91.6 Å². The van der Waals surface area contributed by atoms with Crippen molar-refractivity contribution in [2.24, 2.45) is 0 Å². The molecule has 3 amide bonds. The molecule has 172 valence electrons. The minimum Gasteiger partial charge on any atom is -0.421 e. The fraction of sp³-hybridized carbons (Fsp3) is 0.333. The van der Waals surface area contributed by atoms with Crippen LogP contribution < -0.4 is 5.32 Å². The van der Waals surface area contributed by atoms with Crippen LogP contribution in [0.15, 0.2) is 52.9 Å². The maximum Gasteiger partial charge on any atom is 0.321 e. The molecule has 1 aliphatic heterocycles. The lowest BCUT2D eigenvalue weighted by atomic mass is 10.1.